The first-order chi connectivity index (χ1) is 12.4. The number of rotatable bonds is 2. The van der Waals surface area contributed by atoms with Crippen LogP contribution >= 0.6 is 11.6 Å². The number of fused-ring (bicyclic) bond motifs is 1. The summed E-state index contributed by atoms with van der Waals surface area (Å²) in [5.74, 6) is -1.79. The van der Waals surface area contributed by atoms with E-state index in [1.807, 2.05) is 36.4 Å². The molecule has 3 nitrogen and oxygen atoms in total. The van der Waals surface area contributed by atoms with Crippen molar-refractivity contribution in [3.8, 4) is 0 Å². The summed E-state index contributed by atoms with van der Waals surface area (Å²) in [5.41, 5.74) is 3.30. The van der Waals surface area contributed by atoms with Gasteiger partial charge in [0.25, 0.3) is 0 Å². The molecule has 0 spiro atoms. The number of amides is 1. The fourth-order valence-electron chi connectivity index (χ4n) is 3.03. The number of hydrogen-bond acceptors (Lipinski definition) is 2. The maximum atomic E-state index is 12.7. The lowest BCUT2D eigenvalue weighted by Gasteiger charge is -2.21. The van der Waals surface area contributed by atoms with E-state index in [4.69, 9.17) is 11.6 Å². The van der Waals surface area contributed by atoms with Crippen LogP contribution in [0.15, 0.2) is 36.5 Å². The summed E-state index contributed by atoms with van der Waals surface area (Å²) >= 11 is 6.32. The second-order valence-electron chi connectivity index (χ2n) is 5.98. The molecule has 1 aromatic heterocycles. The molecule has 2 heterocycles. The molecule has 0 radical (unpaired) electrons. The molecule has 1 aromatic carbocycles. The zero-order valence-electron chi connectivity index (χ0n) is 13.8. The SMILES string of the molecule is O=C(N1CCc2ccc(Cl)c(/C=C\c3ccccn3)c2CC1)C(F)(F)F. The van der Waals surface area contributed by atoms with Gasteiger partial charge in [-0.15, -0.1) is 0 Å². The summed E-state index contributed by atoms with van der Waals surface area (Å²) in [6.07, 6.45) is 1.14. The smallest absolute Gasteiger partial charge is 0.334 e. The van der Waals surface area contributed by atoms with Gasteiger partial charge >= 0.3 is 12.1 Å². The van der Waals surface area contributed by atoms with Crippen LogP contribution in [0.1, 0.15) is 22.4 Å². The number of nitrogens with zero attached hydrogens (tertiary/aromatic N) is 2. The van der Waals surface area contributed by atoms with Crippen molar-refractivity contribution in [3.05, 3.63) is 63.9 Å². The molecular weight excluding hydrogens is 365 g/mol. The molecule has 1 aliphatic heterocycles. The van der Waals surface area contributed by atoms with Crippen LogP contribution in [0.25, 0.3) is 12.2 Å². The molecule has 0 fully saturated rings. The van der Waals surface area contributed by atoms with Gasteiger partial charge in [0.1, 0.15) is 0 Å². The van der Waals surface area contributed by atoms with Gasteiger partial charge in [0.2, 0.25) is 0 Å². The predicted molar refractivity (Wildman–Crippen MR) is 94.7 cm³/mol. The molecular formula is C19H16ClF3N2O. The fourth-order valence-corrected chi connectivity index (χ4v) is 3.27. The van der Waals surface area contributed by atoms with Crippen LogP contribution in [0.2, 0.25) is 5.02 Å². The lowest BCUT2D eigenvalue weighted by Crippen LogP contribution is -2.42. The number of carbonyl (C=O) groups excluding carboxylic acids is 1. The van der Waals surface area contributed by atoms with Gasteiger partial charge in [-0.3, -0.25) is 9.78 Å². The minimum atomic E-state index is -4.85. The molecule has 7 heteroatoms. The largest absolute Gasteiger partial charge is 0.471 e. The van der Waals surface area contributed by atoms with Crippen molar-refractivity contribution >= 4 is 29.7 Å². The van der Waals surface area contributed by atoms with E-state index in [-0.39, 0.29) is 13.1 Å². The Morgan fingerprint density at radius 3 is 2.58 bits per heavy atom. The predicted octanol–water partition coefficient (Wildman–Crippen LogP) is 4.39. The first-order valence-corrected chi connectivity index (χ1v) is 8.49. The number of benzene rings is 1. The van der Waals surface area contributed by atoms with E-state index in [1.165, 1.54) is 0 Å². The second kappa shape index (κ2) is 7.50. The molecule has 0 N–H and O–H groups in total. The molecule has 1 amide bonds. The lowest BCUT2D eigenvalue weighted by atomic mass is 9.96. The number of halogens is 4. The molecule has 2 aromatic rings. The van der Waals surface area contributed by atoms with Crippen LogP contribution in [-0.4, -0.2) is 35.1 Å². The maximum absolute atomic E-state index is 12.7. The quantitative estimate of drug-likeness (QED) is 0.774. The molecule has 0 saturated heterocycles. The highest BCUT2D eigenvalue weighted by molar-refractivity contribution is 6.32. The van der Waals surface area contributed by atoms with Gasteiger partial charge in [0, 0.05) is 24.3 Å². The Labute approximate surface area is 154 Å². The Morgan fingerprint density at radius 1 is 1.12 bits per heavy atom. The highest BCUT2D eigenvalue weighted by Gasteiger charge is 2.42. The molecule has 26 heavy (non-hydrogen) atoms. The van der Waals surface area contributed by atoms with Gasteiger partial charge in [-0.2, -0.15) is 13.2 Å². The number of carbonyl (C=O) groups is 1. The molecule has 1 aliphatic rings. The van der Waals surface area contributed by atoms with Gasteiger partial charge in [-0.05, 0) is 53.8 Å². The zero-order valence-corrected chi connectivity index (χ0v) is 14.5. The third kappa shape index (κ3) is 4.07. The van der Waals surface area contributed by atoms with E-state index in [9.17, 15) is 18.0 Å². The highest BCUT2D eigenvalue weighted by atomic mass is 35.5. The normalized spacial score (nSPS) is 15.0. The van der Waals surface area contributed by atoms with E-state index in [0.29, 0.717) is 17.9 Å². The minimum absolute atomic E-state index is 0.0100. The third-order valence-corrected chi connectivity index (χ3v) is 4.65. The third-order valence-electron chi connectivity index (χ3n) is 4.32. The average molecular weight is 381 g/mol. The molecule has 0 saturated carbocycles. The van der Waals surface area contributed by atoms with Crippen molar-refractivity contribution in [2.75, 3.05) is 13.1 Å². The molecule has 0 aliphatic carbocycles. The van der Waals surface area contributed by atoms with Crippen LogP contribution in [0.4, 0.5) is 13.2 Å². The van der Waals surface area contributed by atoms with Gasteiger partial charge in [0.15, 0.2) is 0 Å². The van der Waals surface area contributed by atoms with Crippen molar-refractivity contribution in [1.82, 2.24) is 9.88 Å². The van der Waals surface area contributed by atoms with E-state index in [2.05, 4.69) is 4.98 Å². The summed E-state index contributed by atoms with van der Waals surface area (Å²) in [5, 5.41) is 0.520. The lowest BCUT2D eigenvalue weighted by molar-refractivity contribution is -0.185. The molecule has 136 valence electrons. The van der Waals surface area contributed by atoms with Crippen molar-refractivity contribution in [3.63, 3.8) is 0 Å². The first kappa shape index (κ1) is 18.5. The summed E-state index contributed by atoms with van der Waals surface area (Å²) < 4.78 is 38.1. The monoisotopic (exact) mass is 380 g/mol. The summed E-state index contributed by atoms with van der Waals surface area (Å²) in [7, 11) is 0. The molecule has 0 unspecified atom stereocenters. The standard InChI is InChI=1S/C19H16ClF3N2O/c20-17-7-4-13-8-11-25(18(26)19(21,22)23)12-9-15(13)16(17)6-5-14-3-1-2-10-24-14/h1-7,10H,8-9,11-12H2/b6-5-. The van der Waals surface area contributed by atoms with Crippen molar-refractivity contribution < 1.29 is 18.0 Å². The zero-order chi connectivity index (χ0) is 18.7. The van der Waals surface area contributed by atoms with E-state index < -0.39 is 12.1 Å². The fraction of sp³-hybridized carbons (Fsp3) is 0.263. The van der Waals surface area contributed by atoms with Crippen molar-refractivity contribution in [2.45, 2.75) is 19.0 Å². The molecule has 0 atom stereocenters. The van der Waals surface area contributed by atoms with E-state index in [0.717, 1.165) is 27.3 Å². The minimum Gasteiger partial charge on any atom is -0.334 e. The first-order valence-electron chi connectivity index (χ1n) is 8.12. The van der Waals surface area contributed by atoms with E-state index in [1.54, 1.807) is 12.3 Å². The van der Waals surface area contributed by atoms with Gasteiger partial charge < -0.3 is 4.90 Å². The van der Waals surface area contributed by atoms with Gasteiger partial charge in [-0.1, -0.05) is 29.8 Å². The van der Waals surface area contributed by atoms with Crippen LogP contribution in [0.5, 0.6) is 0 Å². The van der Waals surface area contributed by atoms with Crippen LogP contribution < -0.4 is 0 Å². The van der Waals surface area contributed by atoms with E-state index >= 15 is 0 Å². The van der Waals surface area contributed by atoms with Crippen LogP contribution in [-0.2, 0) is 17.6 Å². The van der Waals surface area contributed by atoms with Gasteiger partial charge in [-0.25, -0.2) is 0 Å². The Bertz CT molecular complexity index is 835. The molecule has 3 rings (SSSR count). The average Bonchev–Trinajstić information content (AvgIpc) is 2.83. The number of pyridine rings is 1. The van der Waals surface area contributed by atoms with Crippen molar-refractivity contribution in [2.24, 2.45) is 0 Å². The number of hydrogen-bond donors (Lipinski definition) is 0. The highest BCUT2D eigenvalue weighted by Crippen LogP contribution is 2.29. The summed E-state index contributed by atoms with van der Waals surface area (Å²) in [6.45, 7) is 0.0481. The van der Waals surface area contributed by atoms with Gasteiger partial charge in [0.05, 0.1) is 5.69 Å². The second-order valence-corrected chi connectivity index (χ2v) is 6.38. The Morgan fingerprint density at radius 2 is 1.88 bits per heavy atom. The maximum Gasteiger partial charge on any atom is 0.471 e. The van der Waals surface area contributed by atoms with Crippen LogP contribution in [0, 0.1) is 0 Å². The summed E-state index contributed by atoms with van der Waals surface area (Å²) in [4.78, 5) is 16.6. The number of aromatic nitrogens is 1. The number of alkyl halides is 3. The molecule has 0 bridgehead atoms. The van der Waals surface area contributed by atoms with Crippen LogP contribution in [0.3, 0.4) is 0 Å². The Hall–Kier alpha value is -2.34. The Balaban J connectivity index is 1.88. The van der Waals surface area contributed by atoms with Crippen molar-refractivity contribution in [1.29, 1.82) is 0 Å². The summed E-state index contributed by atoms with van der Waals surface area (Å²) in [6, 6.07) is 9.07. The topological polar surface area (TPSA) is 33.2 Å². The Kier molecular flexibility index (Phi) is 5.32.